The third-order valence-electron chi connectivity index (χ3n) is 3.33. The van der Waals surface area contributed by atoms with Crippen LogP contribution in [0.1, 0.15) is 37.4 Å². The van der Waals surface area contributed by atoms with E-state index in [2.05, 4.69) is 15.3 Å². The van der Waals surface area contributed by atoms with E-state index in [-0.39, 0.29) is 6.04 Å². The van der Waals surface area contributed by atoms with Crippen LogP contribution in [0.4, 0.5) is 0 Å². The number of rotatable bonds is 1. The predicted molar refractivity (Wildman–Crippen MR) is 65.0 cm³/mol. The Hall–Kier alpha value is -1.20. The highest BCUT2D eigenvalue weighted by atomic mass is 35.5. The summed E-state index contributed by atoms with van der Waals surface area (Å²) >= 11 is 5.87. The van der Waals surface area contributed by atoms with Crippen molar-refractivity contribution in [1.82, 2.24) is 19.8 Å². The fourth-order valence-electron chi connectivity index (χ4n) is 2.50. The molecule has 90 valence electrons. The number of hydrogen-bond acceptors (Lipinski definition) is 4. The molecule has 2 aromatic rings. The van der Waals surface area contributed by atoms with Gasteiger partial charge >= 0.3 is 0 Å². The molecule has 2 N–H and O–H groups in total. The molecule has 1 fully saturated rings. The molecule has 0 unspecified atom stereocenters. The highest BCUT2D eigenvalue weighted by molar-refractivity contribution is 6.30. The highest BCUT2D eigenvalue weighted by Gasteiger charge is 2.25. The lowest BCUT2D eigenvalue weighted by molar-refractivity contribution is 0.378. The van der Waals surface area contributed by atoms with Crippen LogP contribution in [0, 0.1) is 0 Å². The van der Waals surface area contributed by atoms with E-state index in [9.17, 15) is 0 Å². The summed E-state index contributed by atoms with van der Waals surface area (Å²) in [6.07, 6.45) is 5.94. The summed E-state index contributed by atoms with van der Waals surface area (Å²) in [6, 6.07) is 2.04. The van der Waals surface area contributed by atoms with E-state index in [1.807, 2.05) is 0 Å². The zero-order valence-corrected chi connectivity index (χ0v) is 10.1. The van der Waals surface area contributed by atoms with Crippen LogP contribution in [0.15, 0.2) is 12.3 Å². The molecule has 0 aromatic carbocycles. The summed E-state index contributed by atoms with van der Waals surface area (Å²) < 4.78 is 1.77. The molecule has 2 aromatic heterocycles. The lowest BCUT2D eigenvalue weighted by Crippen LogP contribution is -2.27. The molecule has 2 atom stereocenters. The number of nitrogens with zero attached hydrogens (tertiary/aromatic N) is 4. The first-order chi connectivity index (χ1) is 8.24. The van der Waals surface area contributed by atoms with Crippen LogP contribution in [0.5, 0.6) is 0 Å². The van der Waals surface area contributed by atoms with Crippen molar-refractivity contribution in [3.63, 3.8) is 0 Å². The molecule has 0 aliphatic heterocycles. The average molecular weight is 252 g/mol. The molecule has 5 nitrogen and oxygen atoms in total. The van der Waals surface area contributed by atoms with Crippen LogP contribution in [-0.2, 0) is 0 Å². The summed E-state index contributed by atoms with van der Waals surface area (Å²) in [6.45, 7) is 0. The number of fused-ring (bicyclic) bond motifs is 1. The Labute approximate surface area is 104 Å². The summed E-state index contributed by atoms with van der Waals surface area (Å²) in [7, 11) is 0. The third kappa shape index (κ3) is 2.00. The minimum absolute atomic E-state index is 0.272. The van der Waals surface area contributed by atoms with Gasteiger partial charge in [0.15, 0.2) is 11.5 Å². The normalized spacial score (nSPS) is 25.3. The Bertz CT molecular complexity index is 538. The lowest BCUT2D eigenvalue weighted by atomic mass is 9.86. The van der Waals surface area contributed by atoms with Gasteiger partial charge in [-0.25, -0.2) is 0 Å². The van der Waals surface area contributed by atoms with Crippen LogP contribution in [0.25, 0.3) is 5.65 Å². The van der Waals surface area contributed by atoms with Crippen molar-refractivity contribution < 1.29 is 0 Å². The van der Waals surface area contributed by atoms with E-state index in [1.165, 1.54) is 0 Å². The SMILES string of the molecule is N[C@@H]1CCC[C@H](c2nnc3cc(Cl)cnn23)C1. The topological polar surface area (TPSA) is 69.1 Å². The molecule has 1 aliphatic rings. The maximum atomic E-state index is 6.00. The zero-order valence-electron chi connectivity index (χ0n) is 9.38. The zero-order chi connectivity index (χ0) is 11.8. The molecule has 1 saturated carbocycles. The predicted octanol–water partition coefficient (Wildman–Crippen LogP) is 1.76. The van der Waals surface area contributed by atoms with Gasteiger partial charge < -0.3 is 5.73 Å². The van der Waals surface area contributed by atoms with Crippen molar-refractivity contribution in [2.75, 3.05) is 0 Å². The van der Waals surface area contributed by atoms with E-state index in [0.29, 0.717) is 16.6 Å². The van der Waals surface area contributed by atoms with Crippen molar-refractivity contribution in [2.45, 2.75) is 37.6 Å². The first kappa shape index (κ1) is 10.9. The van der Waals surface area contributed by atoms with Crippen LogP contribution in [0.2, 0.25) is 5.02 Å². The van der Waals surface area contributed by atoms with E-state index in [4.69, 9.17) is 17.3 Å². The fraction of sp³-hybridized carbons (Fsp3) is 0.545. The second-order valence-corrected chi connectivity index (χ2v) is 5.06. The number of aromatic nitrogens is 4. The molecular formula is C11H14ClN5. The molecule has 2 heterocycles. The molecular weight excluding hydrogens is 238 g/mol. The lowest BCUT2D eigenvalue weighted by Gasteiger charge is -2.24. The molecule has 17 heavy (non-hydrogen) atoms. The van der Waals surface area contributed by atoms with Crippen LogP contribution >= 0.6 is 11.6 Å². The van der Waals surface area contributed by atoms with Crippen LogP contribution < -0.4 is 5.73 Å². The van der Waals surface area contributed by atoms with Crippen molar-refractivity contribution in [3.05, 3.63) is 23.1 Å². The summed E-state index contributed by atoms with van der Waals surface area (Å²) in [5.74, 6) is 1.27. The first-order valence-corrected chi connectivity index (χ1v) is 6.24. The van der Waals surface area contributed by atoms with Gasteiger partial charge in [0.1, 0.15) is 0 Å². The smallest absolute Gasteiger partial charge is 0.179 e. The van der Waals surface area contributed by atoms with Crippen molar-refractivity contribution in [3.8, 4) is 0 Å². The summed E-state index contributed by atoms with van der Waals surface area (Å²) in [5.41, 5.74) is 6.70. The van der Waals surface area contributed by atoms with Gasteiger partial charge in [0.2, 0.25) is 0 Å². The van der Waals surface area contributed by atoms with Gasteiger partial charge in [-0.3, -0.25) is 0 Å². The Morgan fingerprint density at radius 3 is 3.06 bits per heavy atom. The Morgan fingerprint density at radius 2 is 2.24 bits per heavy atom. The summed E-state index contributed by atoms with van der Waals surface area (Å²) in [4.78, 5) is 0. The van der Waals surface area contributed by atoms with E-state index in [0.717, 1.165) is 31.5 Å². The summed E-state index contributed by atoms with van der Waals surface area (Å²) in [5, 5.41) is 13.2. The molecule has 6 heteroatoms. The molecule has 0 saturated heterocycles. The van der Waals surface area contributed by atoms with Crippen LogP contribution in [0.3, 0.4) is 0 Å². The minimum atomic E-state index is 0.272. The number of nitrogens with two attached hydrogens (primary N) is 1. The van der Waals surface area contributed by atoms with Gasteiger partial charge in [-0.1, -0.05) is 18.0 Å². The molecule has 0 spiro atoms. The number of halogens is 1. The highest BCUT2D eigenvalue weighted by Crippen LogP contribution is 2.31. The van der Waals surface area contributed by atoms with Crippen LogP contribution in [-0.4, -0.2) is 25.9 Å². The molecule has 0 bridgehead atoms. The second kappa shape index (κ2) is 4.23. The fourth-order valence-corrected chi connectivity index (χ4v) is 2.64. The van der Waals surface area contributed by atoms with E-state index >= 15 is 0 Å². The third-order valence-corrected chi connectivity index (χ3v) is 3.54. The maximum absolute atomic E-state index is 6.00. The van der Waals surface area contributed by atoms with Gasteiger partial charge in [-0.2, -0.15) is 9.61 Å². The molecule has 3 rings (SSSR count). The van der Waals surface area contributed by atoms with Gasteiger partial charge in [0.25, 0.3) is 0 Å². The van der Waals surface area contributed by atoms with Gasteiger partial charge in [0, 0.05) is 18.0 Å². The largest absolute Gasteiger partial charge is 0.328 e. The Morgan fingerprint density at radius 1 is 1.35 bits per heavy atom. The van der Waals surface area contributed by atoms with Crippen molar-refractivity contribution >= 4 is 17.2 Å². The van der Waals surface area contributed by atoms with E-state index < -0.39 is 0 Å². The molecule has 0 radical (unpaired) electrons. The van der Waals surface area contributed by atoms with Crippen molar-refractivity contribution in [2.24, 2.45) is 5.73 Å². The number of hydrogen-bond donors (Lipinski definition) is 1. The standard InChI is InChI=1S/C11H14ClN5/c12-8-5-10-15-16-11(17(10)14-6-8)7-2-1-3-9(13)4-7/h5-7,9H,1-4,13H2/t7-,9+/m0/s1. The minimum Gasteiger partial charge on any atom is -0.328 e. The first-order valence-electron chi connectivity index (χ1n) is 5.86. The maximum Gasteiger partial charge on any atom is 0.179 e. The van der Waals surface area contributed by atoms with E-state index in [1.54, 1.807) is 16.8 Å². The molecule has 0 amide bonds. The van der Waals surface area contributed by atoms with Crippen molar-refractivity contribution in [1.29, 1.82) is 0 Å². The van der Waals surface area contributed by atoms with Gasteiger partial charge in [0.05, 0.1) is 11.2 Å². The average Bonchev–Trinajstić information content (AvgIpc) is 2.71. The molecule has 1 aliphatic carbocycles. The quantitative estimate of drug-likeness (QED) is 0.839. The monoisotopic (exact) mass is 251 g/mol. The van der Waals surface area contributed by atoms with Gasteiger partial charge in [-0.15, -0.1) is 10.2 Å². The second-order valence-electron chi connectivity index (χ2n) is 4.63. The van der Waals surface area contributed by atoms with Gasteiger partial charge in [-0.05, 0) is 19.3 Å². The Balaban J connectivity index is 1.99. The Kier molecular flexibility index (Phi) is 2.72.